The van der Waals surface area contributed by atoms with Gasteiger partial charge in [0.25, 0.3) is 0 Å². The van der Waals surface area contributed by atoms with Crippen LogP contribution >= 0.6 is 0 Å². The van der Waals surface area contributed by atoms with Crippen molar-refractivity contribution in [2.24, 2.45) is 5.73 Å². The van der Waals surface area contributed by atoms with Crippen LogP contribution in [0.1, 0.15) is 37.7 Å². The molecule has 0 aliphatic carbocycles. The number of carbonyl (C=O) groups excluding carboxylic acids is 1. The predicted molar refractivity (Wildman–Crippen MR) is 91.3 cm³/mol. The van der Waals surface area contributed by atoms with E-state index in [1.54, 1.807) is 24.3 Å². The Morgan fingerprint density at radius 3 is 2.26 bits per heavy atom. The average molecular weight is 341 g/mol. The van der Waals surface area contributed by atoms with E-state index >= 15 is 0 Å². The summed E-state index contributed by atoms with van der Waals surface area (Å²) in [4.78, 5) is 12.0. The minimum Gasteiger partial charge on any atom is -0.352 e. The molecule has 23 heavy (non-hydrogen) atoms. The second-order valence-corrected chi connectivity index (χ2v) is 7.81. The van der Waals surface area contributed by atoms with Gasteiger partial charge in [-0.3, -0.25) is 4.79 Å². The molecule has 3 N–H and O–H groups in total. The molecular weight excluding hydrogens is 314 g/mol. The summed E-state index contributed by atoms with van der Waals surface area (Å²) in [5, 5.41) is 2.85. The smallest absolute Gasteiger partial charge is 0.242 e. The molecule has 130 valence electrons. The van der Waals surface area contributed by atoms with E-state index in [1.807, 2.05) is 0 Å². The van der Waals surface area contributed by atoms with Gasteiger partial charge in [0.15, 0.2) is 0 Å². The zero-order chi connectivity index (χ0) is 17.3. The van der Waals surface area contributed by atoms with E-state index in [2.05, 4.69) is 5.32 Å². The maximum Gasteiger partial charge on any atom is 0.242 e. The Labute approximate surface area is 139 Å². The quantitative estimate of drug-likeness (QED) is 0.630. The van der Waals surface area contributed by atoms with Gasteiger partial charge < -0.3 is 11.1 Å². The van der Waals surface area contributed by atoms with Crippen molar-refractivity contribution >= 4 is 15.9 Å². The molecule has 0 saturated heterocycles. The molecule has 7 heteroatoms. The van der Waals surface area contributed by atoms with Crippen LogP contribution in [0.15, 0.2) is 29.2 Å². The molecule has 0 heterocycles. The number of nitrogens with two attached hydrogens (primary N) is 1. The first-order valence-electron chi connectivity index (χ1n) is 7.86. The molecule has 1 amide bonds. The number of unbranched alkanes of at least 4 members (excludes halogenated alkanes) is 3. The average Bonchev–Trinajstić information content (AvgIpc) is 2.53. The van der Waals surface area contributed by atoms with E-state index in [0.717, 1.165) is 31.2 Å². The van der Waals surface area contributed by atoms with E-state index < -0.39 is 10.0 Å². The zero-order valence-corrected chi connectivity index (χ0v) is 14.7. The topological polar surface area (TPSA) is 92.5 Å². The Hall–Kier alpha value is -1.44. The summed E-state index contributed by atoms with van der Waals surface area (Å²) in [5.41, 5.74) is 6.29. The Bertz CT molecular complexity index is 583. The molecule has 0 aromatic heterocycles. The van der Waals surface area contributed by atoms with Gasteiger partial charge in [-0.1, -0.05) is 25.0 Å². The number of benzene rings is 1. The highest BCUT2D eigenvalue weighted by Crippen LogP contribution is 2.14. The third-order valence-electron chi connectivity index (χ3n) is 3.55. The van der Waals surface area contributed by atoms with E-state index in [1.165, 1.54) is 18.4 Å². The first-order valence-corrected chi connectivity index (χ1v) is 9.30. The maximum atomic E-state index is 12.0. The minimum absolute atomic E-state index is 0.0164. The summed E-state index contributed by atoms with van der Waals surface area (Å²) >= 11 is 0. The Balaban J connectivity index is 2.40. The summed E-state index contributed by atoms with van der Waals surface area (Å²) in [5.74, 6) is 0.0164. The van der Waals surface area contributed by atoms with Crippen molar-refractivity contribution in [2.75, 3.05) is 20.6 Å². The molecule has 0 aliphatic heterocycles. The first kappa shape index (κ1) is 19.6. The normalized spacial score (nSPS) is 11.7. The van der Waals surface area contributed by atoms with E-state index in [4.69, 9.17) is 5.73 Å². The number of rotatable bonds is 10. The van der Waals surface area contributed by atoms with Crippen molar-refractivity contribution in [3.05, 3.63) is 29.8 Å². The molecule has 0 fully saturated rings. The SMILES string of the molecule is CN(C)S(=O)(=O)c1ccc(CNC(=O)CCCCCCN)cc1. The predicted octanol–water partition coefficient (Wildman–Crippen LogP) is 1.46. The number of amides is 1. The number of sulfonamides is 1. The summed E-state index contributed by atoms with van der Waals surface area (Å²) in [6.45, 7) is 1.11. The summed E-state index contributed by atoms with van der Waals surface area (Å²) in [6.07, 6.45) is 4.46. The van der Waals surface area contributed by atoms with Crippen LogP contribution in [0, 0.1) is 0 Å². The number of nitrogens with zero attached hydrogens (tertiary/aromatic N) is 1. The van der Waals surface area contributed by atoms with Crippen molar-refractivity contribution in [1.29, 1.82) is 0 Å². The minimum atomic E-state index is -3.41. The summed E-state index contributed by atoms with van der Waals surface area (Å²) in [7, 11) is -0.414. The fourth-order valence-corrected chi connectivity index (χ4v) is 2.96. The van der Waals surface area contributed by atoms with Crippen LogP contribution in [0.25, 0.3) is 0 Å². The lowest BCUT2D eigenvalue weighted by Gasteiger charge is -2.12. The van der Waals surface area contributed by atoms with Crippen LogP contribution in [0.5, 0.6) is 0 Å². The molecule has 0 spiro atoms. The van der Waals surface area contributed by atoms with Gasteiger partial charge in [-0.25, -0.2) is 12.7 Å². The van der Waals surface area contributed by atoms with E-state index in [-0.39, 0.29) is 10.8 Å². The molecule has 0 atom stereocenters. The summed E-state index contributed by atoms with van der Waals surface area (Å²) in [6, 6.07) is 6.56. The van der Waals surface area contributed by atoms with Crippen molar-refractivity contribution in [3.8, 4) is 0 Å². The number of nitrogens with one attached hydrogen (secondary N) is 1. The van der Waals surface area contributed by atoms with E-state index in [0.29, 0.717) is 19.5 Å². The number of hydrogen-bond acceptors (Lipinski definition) is 4. The molecule has 1 aromatic rings. The fraction of sp³-hybridized carbons (Fsp3) is 0.562. The van der Waals surface area contributed by atoms with Gasteiger partial charge in [-0.05, 0) is 37.1 Å². The van der Waals surface area contributed by atoms with Crippen molar-refractivity contribution in [3.63, 3.8) is 0 Å². The molecule has 1 aromatic carbocycles. The second kappa shape index (κ2) is 9.64. The van der Waals surface area contributed by atoms with Crippen molar-refractivity contribution < 1.29 is 13.2 Å². The molecular formula is C16H27N3O3S. The second-order valence-electron chi connectivity index (χ2n) is 5.66. The van der Waals surface area contributed by atoms with Crippen LogP contribution in [0.3, 0.4) is 0 Å². The monoisotopic (exact) mass is 341 g/mol. The molecule has 6 nitrogen and oxygen atoms in total. The maximum absolute atomic E-state index is 12.0. The molecule has 0 unspecified atom stereocenters. The summed E-state index contributed by atoms with van der Waals surface area (Å²) < 4.78 is 25.1. The Morgan fingerprint density at radius 1 is 1.09 bits per heavy atom. The first-order chi connectivity index (χ1) is 10.9. The van der Waals surface area contributed by atoms with Crippen LogP contribution < -0.4 is 11.1 Å². The van der Waals surface area contributed by atoms with Crippen LogP contribution in [0.2, 0.25) is 0 Å². The third kappa shape index (κ3) is 6.68. The molecule has 0 saturated carbocycles. The van der Waals surface area contributed by atoms with Crippen LogP contribution in [-0.4, -0.2) is 39.3 Å². The van der Waals surface area contributed by atoms with Crippen molar-refractivity contribution in [1.82, 2.24) is 9.62 Å². The lowest BCUT2D eigenvalue weighted by Crippen LogP contribution is -2.23. The lowest BCUT2D eigenvalue weighted by atomic mass is 10.1. The highest BCUT2D eigenvalue weighted by Gasteiger charge is 2.16. The van der Waals surface area contributed by atoms with Gasteiger partial charge in [0.2, 0.25) is 15.9 Å². The van der Waals surface area contributed by atoms with Gasteiger partial charge in [-0.15, -0.1) is 0 Å². The zero-order valence-electron chi connectivity index (χ0n) is 13.9. The van der Waals surface area contributed by atoms with Crippen LogP contribution in [0.4, 0.5) is 0 Å². The Kier molecular flexibility index (Phi) is 8.22. The fourth-order valence-electron chi connectivity index (χ4n) is 2.06. The number of hydrogen-bond donors (Lipinski definition) is 2. The lowest BCUT2D eigenvalue weighted by molar-refractivity contribution is -0.121. The van der Waals surface area contributed by atoms with Gasteiger partial charge >= 0.3 is 0 Å². The number of carbonyl (C=O) groups is 1. The van der Waals surface area contributed by atoms with Gasteiger partial charge in [0.1, 0.15) is 0 Å². The highest BCUT2D eigenvalue weighted by molar-refractivity contribution is 7.89. The molecule has 1 rings (SSSR count). The van der Waals surface area contributed by atoms with Gasteiger partial charge in [0, 0.05) is 27.1 Å². The largest absolute Gasteiger partial charge is 0.352 e. The van der Waals surface area contributed by atoms with E-state index in [9.17, 15) is 13.2 Å². The third-order valence-corrected chi connectivity index (χ3v) is 5.38. The van der Waals surface area contributed by atoms with Gasteiger partial charge in [-0.2, -0.15) is 0 Å². The molecule has 0 radical (unpaired) electrons. The van der Waals surface area contributed by atoms with Crippen molar-refractivity contribution in [2.45, 2.75) is 43.5 Å². The highest BCUT2D eigenvalue weighted by atomic mass is 32.2. The molecule has 0 bridgehead atoms. The molecule has 0 aliphatic rings. The van der Waals surface area contributed by atoms with Crippen LogP contribution in [-0.2, 0) is 21.4 Å². The van der Waals surface area contributed by atoms with Gasteiger partial charge in [0.05, 0.1) is 4.90 Å². The Morgan fingerprint density at radius 2 is 1.70 bits per heavy atom. The standard InChI is InChI=1S/C16H27N3O3S/c1-19(2)23(21,22)15-10-8-14(9-11-15)13-18-16(20)7-5-3-4-6-12-17/h8-11H,3-7,12-13,17H2,1-2H3,(H,18,20).